The van der Waals surface area contributed by atoms with E-state index in [2.05, 4.69) is 9.93 Å². The summed E-state index contributed by atoms with van der Waals surface area (Å²) in [6, 6.07) is 10.8. The highest BCUT2D eigenvalue weighted by Gasteiger charge is 2.14. The maximum atomic E-state index is 13.8. The highest BCUT2D eigenvalue weighted by atomic mass is 35.5. The topological polar surface area (TPSA) is 58.5 Å². The third kappa shape index (κ3) is 3.64. The van der Waals surface area contributed by atoms with Gasteiger partial charge in [0.1, 0.15) is 0 Å². The molecule has 0 atom stereocenters. The quantitative estimate of drug-likeness (QED) is 0.684. The summed E-state index contributed by atoms with van der Waals surface area (Å²) in [7, 11) is -3.80. The Balaban J connectivity index is 2.26. The van der Waals surface area contributed by atoms with Gasteiger partial charge in [-0.2, -0.15) is 18.4 Å². The van der Waals surface area contributed by atoms with Crippen LogP contribution in [0.1, 0.15) is 18.1 Å². The number of nitrogens with zero attached hydrogens (tertiary/aromatic N) is 1. The van der Waals surface area contributed by atoms with E-state index in [0.717, 1.165) is 5.56 Å². The van der Waals surface area contributed by atoms with Gasteiger partial charge in [0.15, 0.2) is 5.82 Å². The predicted molar refractivity (Wildman–Crippen MR) is 85.1 cm³/mol. The molecule has 116 valence electrons. The van der Waals surface area contributed by atoms with E-state index in [1.807, 2.05) is 6.92 Å². The van der Waals surface area contributed by atoms with Gasteiger partial charge in [0.25, 0.3) is 10.0 Å². The minimum Gasteiger partial charge on any atom is -0.205 e. The van der Waals surface area contributed by atoms with Crippen molar-refractivity contribution in [1.29, 1.82) is 0 Å². The molecule has 0 aromatic heterocycles. The van der Waals surface area contributed by atoms with Crippen LogP contribution >= 0.6 is 11.6 Å². The second kappa shape index (κ2) is 6.46. The highest BCUT2D eigenvalue weighted by Crippen LogP contribution is 2.18. The fraction of sp³-hybridized carbons (Fsp3) is 0.133. The molecule has 1 N–H and O–H groups in total. The molecule has 2 rings (SSSR count). The summed E-state index contributed by atoms with van der Waals surface area (Å²) in [5, 5.41) is 3.70. The molecule has 2 aromatic rings. The van der Waals surface area contributed by atoms with Crippen molar-refractivity contribution < 1.29 is 12.8 Å². The molecule has 22 heavy (non-hydrogen) atoms. The van der Waals surface area contributed by atoms with Crippen molar-refractivity contribution in [2.24, 2.45) is 5.10 Å². The first-order chi connectivity index (χ1) is 10.3. The van der Waals surface area contributed by atoms with Crippen LogP contribution < -0.4 is 4.83 Å². The van der Waals surface area contributed by atoms with Crippen molar-refractivity contribution in [2.75, 3.05) is 0 Å². The first kappa shape index (κ1) is 16.5. The Morgan fingerprint density at radius 3 is 2.45 bits per heavy atom. The van der Waals surface area contributed by atoms with Crippen LogP contribution in [0.3, 0.4) is 0 Å². The molecular weight excluding hydrogens is 327 g/mol. The van der Waals surface area contributed by atoms with Gasteiger partial charge in [-0.05, 0) is 32.0 Å². The Labute approximate surface area is 133 Å². The first-order valence-electron chi connectivity index (χ1n) is 6.38. The van der Waals surface area contributed by atoms with E-state index in [1.165, 1.54) is 31.2 Å². The number of rotatable bonds is 4. The lowest BCUT2D eigenvalue weighted by molar-refractivity contribution is 0.584. The van der Waals surface area contributed by atoms with E-state index < -0.39 is 15.8 Å². The number of halogens is 2. The van der Waals surface area contributed by atoms with Crippen LogP contribution in [0.15, 0.2) is 52.5 Å². The molecule has 7 heteroatoms. The number of sulfonamides is 1. The SMILES string of the molecule is C/C(=N\NS(=O)(=O)c1ccc(C)cc1)c1cccc(Cl)c1F. The Bertz CT molecular complexity index is 818. The number of nitrogens with one attached hydrogen (secondary N) is 1. The van der Waals surface area contributed by atoms with Gasteiger partial charge >= 0.3 is 0 Å². The first-order valence-corrected chi connectivity index (χ1v) is 8.24. The zero-order valence-corrected chi connectivity index (χ0v) is 13.5. The third-order valence-electron chi connectivity index (χ3n) is 3.01. The molecule has 0 saturated carbocycles. The van der Waals surface area contributed by atoms with Gasteiger partial charge in [-0.25, -0.2) is 4.39 Å². The Kier molecular flexibility index (Phi) is 4.83. The van der Waals surface area contributed by atoms with Gasteiger partial charge < -0.3 is 0 Å². The average Bonchev–Trinajstić information content (AvgIpc) is 2.48. The molecule has 0 bridgehead atoms. The molecule has 0 aliphatic heterocycles. The lowest BCUT2D eigenvalue weighted by Gasteiger charge is -2.07. The van der Waals surface area contributed by atoms with E-state index in [-0.39, 0.29) is 21.2 Å². The Morgan fingerprint density at radius 2 is 1.82 bits per heavy atom. The molecule has 0 spiro atoms. The van der Waals surface area contributed by atoms with Crippen molar-refractivity contribution in [3.8, 4) is 0 Å². The van der Waals surface area contributed by atoms with Crippen LogP contribution in [0.5, 0.6) is 0 Å². The number of hydrogen-bond donors (Lipinski definition) is 1. The fourth-order valence-electron chi connectivity index (χ4n) is 1.74. The van der Waals surface area contributed by atoms with Crippen molar-refractivity contribution in [1.82, 2.24) is 4.83 Å². The van der Waals surface area contributed by atoms with E-state index in [1.54, 1.807) is 18.2 Å². The van der Waals surface area contributed by atoms with Crippen LogP contribution in [0.2, 0.25) is 5.02 Å². The number of hydrazone groups is 1. The second-order valence-electron chi connectivity index (χ2n) is 4.71. The van der Waals surface area contributed by atoms with Crippen molar-refractivity contribution in [2.45, 2.75) is 18.7 Å². The zero-order chi connectivity index (χ0) is 16.3. The molecule has 0 aliphatic rings. The molecule has 4 nitrogen and oxygen atoms in total. The fourth-order valence-corrected chi connectivity index (χ4v) is 2.77. The van der Waals surface area contributed by atoms with E-state index in [9.17, 15) is 12.8 Å². The molecule has 0 heterocycles. The summed E-state index contributed by atoms with van der Waals surface area (Å²) in [5.74, 6) is -0.639. The van der Waals surface area contributed by atoms with Crippen molar-refractivity contribution in [3.05, 3.63) is 64.4 Å². The monoisotopic (exact) mass is 340 g/mol. The maximum Gasteiger partial charge on any atom is 0.276 e. The van der Waals surface area contributed by atoms with E-state index >= 15 is 0 Å². The lowest BCUT2D eigenvalue weighted by atomic mass is 10.1. The highest BCUT2D eigenvalue weighted by molar-refractivity contribution is 7.89. The zero-order valence-electron chi connectivity index (χ0n) is 12.0. The smallest absolute Gasteiger partial charge is 0.205 e. The predicted octanol–water partition coefficient (Wildman–Crippen LogP) is 3.49. The summed E-state index contributed by atoms with van der Waals surface area (Å²) in [6.45, 7) is 3.35. The number of hydrogen-bond acceptors (Lipinski definition) is 3. The number of aryl methyl sites for hydroxylation is 1. The molecule has 2 aromatic carbocycles. The lowest BCUT2D eigenvalue weighted by Crippen LogP contribution is -2.20. The van der Waals surface area contributed by atoms with E-state index in [4.69, 9.17) is 11.6 Å². The normalized spacial score (nSPS) is 12.3. The third-order valence-corrected chi connectivity index (χ3v) is 4.52. The standard InChI is InChI=1S/C15H14ClFN2O2S/c1-10-6-8-12(9-7-10)22(20,21)19-18-11(2)13-4-3-5-14(16)15(13)17/h3-9,19H,1-2H3/b18-11+. The average molecular weight is 341 g/mol. The van der Waals surface area contributed by atoms with Crippen LogP contribution in [0.4, 0.5) is 4.39 Å². The summed E-state index contributed by atoms with van der Waals surface area (Å²) in [4.78, 5) is 2.17. The van der Waals surface area contributed by atoms with Gasteiger partial charge in [-0.15, -0.1) is 0 Å². The van der Waals surface area contributed by atoms with Gasteiger partial charge in [0, 0.05) is 5.56 Å². The van der Waals surface area contributed by atoms with Crippen LogP contribution in [0, 0.1) is 12.7 Å². The number of benzene rings is 2. The largest absolute Gasteiger partial charge is 0.276 e. The molecule has 0 radical (unpaired) electrons. The molecule has 0 amide bonds. The molecular formula is C15H14ClFN2O2S. The summed E-state index contributed by atoms with van der Waals surface area (Å²) in [6.07, 6.45) is 0. The molecule has 0 aliphatic carbocycles. The minimum absolute atomic E-state index is 0.0477. The Morgan fingerprint density at radius 1 is 1.18 bits per heavy atom. The van der Waals surface area contributed by atoms with Gasteiger partial charge in [-0.3, -0.25) is 0 Å². The molecule has 0 fully saturated rings. The van der Waals surface area contributed by atoms with Gasteiger partial charge in [-0.1, -0.05) is 41.4 Å². The summed E-state index contributed by atoms with van der Waals surface area (Å²) >= 11 is 5.69. The summed E-state index contributed by atoms with van der Waals surface area (Å²) in [5.41, 5.74) is 1.26. The van der Waals surface area contributed by atoms with Gasteiger partial charge in [0.2, 0.25) is 0 Å². The van der Waals surface area contributed by atoms with E-state index in [0.29, 0.717) is 0 Å². The Hall–Kier alpha value is -1.92. The van der Waals surface area contributed by atoms with Crippen molar-refractivity contribution >= 4 is 27.3 Å². The molecule has 0 unspecified atom stereocenters. The van der Waals surface area contributed by atoms with Crippen LogP contribution in [-0.4, -0.2) is 14.1 Å². The van der Waals surface area contributed by atoms with Crippen LogP contribution in [0.25, 0.3) is 0 Å². The molecule has 0 saturated heterocycles. The van der Waals surface area contributed by atoms with Crippen molar-refractivity contribution in [3.63, 3.8) is 0 Å². The minimum atomic E-state index is -3.80. The van der Waals surface area contributed by atoms with Gasteiger partial charge in [0.05, 0.1) is 15.6 Å². The van der Waals surface area contributed by atoms with Crippen LogP contribution in [-0.2, 0) is 10.0 Å². The second-order valence-corrected chi connectivity index (χ2v) is 6.77. The maximum absolute atomic E-state index is 13.8. The summed E-state index contributed by atoms with van der Waals surface area (Å²) < 4.78 is 38.0.